The van der Waals surface area contributed by atoms with E-state index in [1.165, 1.54) is 5.56 Å². The van der Waals surface area contributed by atoms with Crippen molar-refractivity contribution >= 4 is 17.4 Å². The van der Waals surface area contributed by atoms with Crippen molar-refractivity contribution in [2.24, 2.45) is 5.92 Å². The Morgan fingerprint density at radius 2 is 1.76 bits per heavy atom. The number of amides is 1. The second-order valence-corrected chi connectivity index (χ2v) is 9.17. The van der Waals surface area contributed by atoms with Crippen LogP contribution in [0.4, 0.5) is 5.69 Å². The third-order valence-corrected chi connectivity index (χ3v) is 6.63. The number of nitrogens with zero attached hydrogens (tertiary/aromatic N) is 3. The standard InChI is InChI=1S/C28H31N3O2/c1-19-8-10-21(11-9-19)23-15-24(27(32)14-20(2)26-18-29-12-13-30-26)17-25(16-23)31(3)28(33)22-6-4-5-7-22/h8-13,15-18,20,22H,4-7,14H2,1-3H3. The molecule has 33 heavy (non-hydrogen) atoms. The van der Waals surface area contributed by atoms with Gasteiger partial charge < -0.3 is 4.90 Å². The summed E-state index contributed by atoms with van der Waals surface area (Å²) in [6.45, 7) is 4.04. The van der Waals surface area contributed by atoms with Crippen LogP contribution in [-0.2, 0) is 4.79 Å². The monoisotopic (exact) mass is 441 g/mol. The van der Waals surface area contributed by atoms with Crippen molar-refractivity contribution in [2.45, 2.75) is 51.9 Å². The van der Waals surface area contributed by atoms with Gasteiger partial charge in [-0.05, 0) is 49.1 Å². The van der Waals surface area contributed by atoms with E-state index in [4.69, 9.17) is 0 Å². The fraction of sp³-hybridized carbons (Fsp3) is 0.357. The van der Waals surface area contributed by atoms with Crippen molar-refractivity contribution in [3.05, 3.63) is 77.9 Å². The van der Waals surface area contributed by atoms with Gasteiger partial charge in [-0.1, -0.05) is 49.6 Å². The summed E-state index contributed by atoms with van der Waals surface area (Å²) in [5, 5.41) is 0. The summed E-state index contributed by atoms with van der Waals surface area (Å²) in [6.07, 6.45) is 9.43. The number of ketones is 1. The summed E-state index contributed by atoms with van der Waals surface area (Å²) in [4.78, 5) is 36.6. The highest BCUT2D eigenvalue weighted by Crippen LogP contribution is 2.32. The third kappa shape index (κ3) is 5.36. The molecule has 0 spiro atoms. The summed E-state index contributed by atoms with van der Waals surface area (Å²) in [5.41, 5.74) is 5.33. The van der Waals surface area contributed by atoms with E-state index >= 15 is 0 Å². The first-order chi connectivity index (χ1) is 15.9. The van der Waals surface area contributed by atoms with Gasteiger partial charge in [-0.25, -0.2) is 0 Å². The molecule has 2 aromatic carbocycles. The van der Waals surface area contributed by atoms with Gasteiger partial charge in [0.05, 0.1) is 5.69 Å². The number of aromatic nitrogens is 2. The van der Waals surface area contributed by atoms with Crippen molar-refractivity contribution in [3.8, 4) is 11.1 Å². The molecule has 3 aromatic rings. The normalized spacial score (nSPS) is 14.8. The molecular formula is C28H31N3O2. The Morgan fingerprint density at radius 1 is 1.03 bits per heavy atom. The van der Waals surface area contributed by atoms with E-state index in [0.29, 0.717) is 12.0 Å². The highest BCUT2D eigenvalue weighted by molar-refractivity contribution is 6.01. The quantitative estimate of drug-likeness (QED) is 0.423. The van der Waals surface area contributed by atoms with Crippen LogP contribution < -0.4 is 4.90 Å². The fourth-order valence-corrected chi connectivity index (χ4v) is 4.52. The van der Waals surface area contributed by atoms with E-state index in [9.17, 15) is 9.59 Å². The highest BCUT2D eigenvalue weighted by Gasteiger charge is 2.27. The van der Waals surface area contributed by atoms with Gasteiger partial charge in [0.2, 0.25) is 5.91 Å². The van der Waals surface area contributed by atoms with Gasteiger partial charge in [0.15, 0.2) is 5.78 Å². The van der Waals surface area contributed by atoms with Crippen LogP contribution in [0.5, 0.6) is 0 Å². The number of aryl methyl sites for hydroxylation is 1. The van der Waals surface area contributed by atoms with Gasteiger partial charge in [0.1, 0.15) is 0 Å². The summed E-state index contributed by atoms with van der Waals surface area (Å²) in [5.74, 6) is 0.203. The average molecular weight is 442 g/mol. The molecular weight excluding hydrogens is 410 g/mol. The first-order valence-corrected chi connectivity index (χ1v) is 11.7. The summed E-state index contributed by atoms with van der Waals surface area (Å²) >= 11 is 0. The Hall–Kier alpha value is -3.34. The Labute approximate surface area is 195 Å². The van der Waals surface area contributed by atoms with Gasteiger partial charge in [-0.3, -0.25) is 19.6 Å². The fourth-order valence-electron chi connectivity index (χ4n) is 4.52. The van der Waals surface area contributed by atoms with E-state index in [2.05, 4.69) is 41.2 Å². The van der Waals surface area contributed by atoms with Crippen molar-refractivity contribution < 1.29 is 9.59 Å². The van der Waals surface area contributed by atoms with Crippen LogP contribution in [0.25, 0.3) is 11.1 Å². The largest absolute Gasteiger partial charge is 0.315 e. The molecule has 1 saturated carbocycles. The lowest BCUT2D eigenvalue weighted by molar-refractivity contribution is -0.121. The van der Waals surface area contributed by atoms with Crippen molar-refractivity contribution in [2.75, 3.05) is 11.9 Å². The second kappa shape index (κ2) is 10.1. The molecule has 0 bridgehead atoms. The summed E-state index contributed by atoms with van der Waals surface area (Å²) in [7, 11) is 1.82. The highest BCUT2D eigenvalue weighted by atomic mass is 16.2. The molecule has 1 aliphatic rings. The first-order valence-electron chi connectivity index (χ1n) is 11.7. The smallest absolute Gasteiger partial charge is 0.229 e. The molecule has 0 aliphatic heterocycles. The molecule has 170 valence electrons. The minimum absolute atomic E-state index is 0.0325. The van der Waals surface area contributed by atoms with Crippen molar-refractivity contribution in [1.29, 1.82) is 0 Å². The van der Waals surface area contributed by atoms with E-state index in [1.807, 2.05) is 32.2 Å². The zero-order valence-corrected chi connectivity index (χ0v) is 19.6. The first kappa shape index (κ1) is 22.8. The van der Waals surface area contributed by atoms with Crippen LogP contribution in [0.15, 0.2) is 61.1 Å². The van der Waals surface area contributed by atoms with E-state index in [0.717, 1.165) is 48.2 Å². The number of Topliss-reactive ketones (excluding diaryl/α,β-unsaturated/α-hetero) is 1. The molecule has 0 radical (unpaired) electrons. The van der Waals surface area contributed by atoms with Crippen LogP contribution in [0, 0.1) is 12.8 Å². The van der Waals surface area contributed by atoms with E-state index in [-0.39, 0.29) is 23.5 Å². The molecule has 1 unspecified atom stereocenters. The van der Waals surface area contributed by atoms with Crippen LogP contribution in [0.3, 0.4) is 0 Å². The van der Waals surface area contributed by atoms with Crippen LogP contribution >= 0.6 is 0 Å². The number of anilines is 1. The lowest BCUT2D eigenvalue weighted by Gasteiger charge is -2.23. The molecule has 1 amide bonds. The number of hydrogen-bond acceptors (Lipinski definition) is 4. The molecule has 1 heterocycles. The maximum absolute atomic E-state index is 13.3. The number of hydrogen-bond donors (Lipinski definition) is 0. The average Bonchev–Trinajstić information content (AvgIpc) is 3.39. The number of carbonyl (C=O) groups is 2. The number of benzene rings is 2. The van der Waals surface area contributed by atoms with Gasteiger partial charge in [0.25, 0.3) is 0 Å². The molecule has 4 rings (SSSR count). The number of rotatable bonds is 7. The number of carbonyl (C=O) groups excluding carboxylic acids is 2. The molecule has 1 aliphatic carbocycles. The lowest BCUT2D eigenvalue weighted by Crippen LogP contribution is -2.31. The van der Waals surface area contributed by atoms with Gasteiger partial charge in [-0.2, -0.15) is 0 Å². The minimum atomic E-state index is -0.0458. The molecule has 0 N–H and O–H groups in total. The Bertz CT molecular complexity index is 1120. The molecule has 5 nitrogen and oxygen atoms in total. The Morgan fingerprint density at radius 3 is 2.42 bits per heavy atom. The van der Waals surface area contributed by atoms with Crippen molar-refractivity contribution in [1.82, 2.24) is 9.97 Å². The lowest BCUT2D eigenvalue weighted by atomic mass is 9.94. The zero-order chi connectivity index (χ0) is 23.4. The molecule has 5 heteroatoms. The molecule has 1 aromatic heterocycles. The Balaban J connectivity index is 1.67. The SMILES string of the molecule is Cc1ccc(-c2cc(C(=O)CC(C)c3cnccn3)cc(N(C)C(=O)C3CCCC3)c2)cc1. The van der Waals surface area contributed by atoms with Gasteiger partial charge in [0, 0.05) is 55.1 Å². The second-order valence-electron chi connectivity index (χ2n) is 9.17. The van der Waals surface area contributed by atoms with E-state index < -0.39 is 0 Å². The van der Waals surface area contributed by atoms with Crippen LogP contribution in [0.2, 0.25) is 0 Å². The van der Waals surface area contributed by atoms with E-state index in [1.54, 1.807) is 23.5 Å². The maximum Gasteiger partial charge on any atom is 0.229 e. The van der Waals surface area contributed by atoms with Gasteiger partial charge in [-0.15, -0.1) is 0 Å². The minimum Gasteiger partial charge on any atom is -0.315 e. The molecule has 1 fully saturated rings. The van der Waals surface area contributed by atoms with Gasteiger partial charge >= 0.3 is 0 Å². The maximum atomic E-state index is 13.3. The predicted octanol–water partition coefficient (Wildman–Crippen LogP) is 5.98. The Kier molecular flexibility index (Phi) is 6.97. The van der Waals surface area contributed by atoms with Crippen LogP contribution in [-0.4, -0.2) is 28.7 Å². The zero-order valence-electron chi connectivity index (χ0n) is 19.6. The molecule has 0 saturated heterocycles. The molecule has 1 atom stereocenters. The summed E-state index contributed by atoms with van der Waals surface area (Å²) < 4.78 is 0. The third-order valence-electron chi connectivity index (χ3n) is 6.63. The summed E-state index contributed by atoms with van der Waals surface area (Å²) in [6, 6.07) is 14.1. The topological polar surface area (TPSA) is 63.2 Å². The predicted molar refractivity (Wildman–Crippen MR) is 131 cm³/mol. The van der Waals surface area contributed by atoms with Crippen molar-refractivity contribution in [3.63, 3.8) is 0 Å². The van der Waals surface area contributed by atoms with Crippen LogP contribution in [0.1, 0.15) is 66.6 Å².